The van der Waals surface area contributed by atoms with E-state index in [0.29, 0.717) is 6.20 Å². The molecule has 0 aliphatic carbocycles. The maximum Gasteiger partial charge on any atom is 0.222 e. The number of hydrogen-bond donors (Lipinski definition) is 0. The average Bonchev–Trinajstić information content (AvgIpc) is 1.27. The smallest absolute Gasteiger partial charge is 0.222 e. The zero-order chi connectivity index (χ0) is 5.86. The van der Waals surface area contributed by atoms with E-state index >= 15 is 0 Å². The van der Waals surface area contributed by atoms with Gasteiger partial charge in [0.1, 0.15) is 0 Å². The summed E-state index contributed by atoms with van der Waals surface area (Å²) in [5, 5.41) is 19.1. The molecule has 0 aliphatic heterocycles. The van der Waals surface area contributed by atoms with Crippen LogP contribution in [0.5, 0.6) is 0 Å². The Kier molecular flexibility index (Phi) is 1.84. The Balaban J connectivity index is 3.68. The van der Waals surface area contributed by atoms with Crippen molar-refractivity contribution >= 4 is 0 Å². The standard InChI is InChI=1S/C3H5NO3/c1-3(5)2-4(6)7/h2,5H,1H3/p-1. The van der Waals surface area contributed by atoms with Crippen LogP contribution in [-0.2, 0) is 0 Å². The van der Waals surface area contributed by atoms with Crippen LogP contribution in [0, 0.1) is 10.1 Å². The van der Waals surface area contributed by atoms with E-state index in [-0.39, 0.29) is 0 Å². The lowest BCUT2D eigenvalue weighted by Crippen LogP contribution is -2.00. The highest BCUT2D eigenvalue weighted by Crippen LogP contribution is 1.76. The third-order valence-electron chi connectivity index (χ3n) is 0.287. The monoisotopic (exact) mass is 102 g/mol. The molecule has 0 rings (SSSR count). The molecule has 0 spiro atoms. The maximum absolute atomic E-state index is 9.76. The number of rotatable bonds is 1. The number of hydrogen-bond acceptors (Lipinski definition) is 3. The van der Waals surface area contributed by atoms with Gasteiger partial charge in [0.2, 0.25) is 6.20 Å². The second kappa shape index (κ2) is 2.17. The van der Waals surface area contributed by atoms with Crippen molar-refractivity contribution in [3.63, 3.8) is 0 Å². The SMILES string of the molecule is CC([O-])=C[N+](=O)[O-]. The van der Waals surface area contributed by atoms with E-state index < -0.39 is 10.7 Å². The van der Waals surface area contributed by atoms with Gasteiger partial charge in [-0.05, 0) is 6.92 Å². The Morgan fingerprint density at radius 1 is 1.86 bits per heavy atom. The zero-order valence-corrected chi connectivity index (χ0v) is 3.75. The highest BCUT2D eigenvalue weighted by atomic mass is 16.6. The molecule has 4 heteroatoms. The van der Waals surface area contributed by atoms with Gasteiger partial charge in [-0.3, -0.25) is 10.1 Å². The molecule has 40 valence electrons. The Morgan fingerprint density at radius 2 is 2.29 bits per heavy atom. The molecule has 0 N–H and O–H groups in total. The summed E-state index contributed by atoms with van der Waals surface area (Å²) >= 11 is 0. The van der Waals surface area contributed by atoms with Gasteiger partial charge in [0.15, 0.2) is 0 Å². The highest BCUT2D eigenvalue weighted by molar-refractivity contribution is 4.72. The van der Waals surface area contributed by atoms with Crippen LogP contribution in [0.2, 0.25) is 0 Å². The molecule has 0 unspecified atom stereocenters. The normalized spacial score (nSPS) is 11.3. The number of nitrogens with zero attached hydrogens (tertiary/aromatic N) is 1. The fourth-order valence-corrected chi connectivity index (χ4v) is 0.148. The third-order valence-corrected chi connectivity index (χ3v) is 0.287. The first kappa shape index (κ1) is 5.94. The molecule has 0 atom stereocenters. The molecule has 0 bridgehead atoms. The highest BCUT2D eigenvalue weighted by Gasteiger charge is 1.78. The molecule has 0 aliphatic rings. The van der Waals surface area contributed by atoms with Crippen molar-refractivity contribution in [2.24, 2.45) is 0 Å². The quantitative estimate of drug-likeness (QED) is 0.254. The van der Waals surface area contributed by atoms with E-state index in [4.69, 9.17) is 0 Å². The molecular formula is C3H4NO3-. The molecule has 0 amide bonds. The van der Waals surface area contributed by atoms with Gasteiger partial charge >= 0.3 is 0 Å². The largest absolute Gasteiger partial charge is 0.871 e. The van der Waals surface area contributed by atoms with Crippen molar-refractivity contribution in [3.8, 4) is 0 Å². The van der Waals surface area contributed by atoms with E-state index in [1.165, 1.54) is 0 Å². The molecule has 7 heavy (non-hydrogen) atoms. The first-order valence-electron chi connectivity index (χ1n) is 1.62. The summed E-state index contributed by atoms with van der Waals surface area (Å²) in [7, 11) is 0. The summed E-state index contributed by atoms with van der Waals surface area (Å²) in [5.41, 5.74) is 0. The second-order valence-corrected chi connectivity index (χ2v) is 1.03. The van der Waals surface area contributed by atoms with Crippen LogP contribution in [0.25, 0.3) is 0 Å². The van der Waals surface area contributed by atoms with E-state index in [1.54, 1.807) is 0 Å². The van der Waals surface area contributed by atoms with Gasteiger partial charge in [0.05, 0.1) is 4.92 Å². The topological polar surface area (TPSA) is 66.2 Å². The fraction of sp³-hybridized carbons (Fsp3) is 0.333. The van der Waals surface area contributed by atoms with E-state index in [2.05, 4.69) is 0 Å². The Hall–Kier alpha value is -1.06. The van der Waals surface area contributed by atoms with Crippen LogP contribution >= 0.6 is 0 Å². The lowest BCUT2D eigenvalue weighted by atomic mass is 10.6. The average molecular weight is 102 g/mol. The number of nitro groups is 1. The molecule has 0 saturated heterocycles. The summed E-state index contributed by atoms with van der Waals surface area (Å²) in [6.07, 6.45) is 0.417. The minimum Gasteiger partial charge on any atom is -0.871 e. The molecule has 0 radical (unpaired) electrons. The Morgan fingerprint density at radius 3 is 2.29 bits per heavy atom. The Labute approximate surface area is 40.2 Å². The van der Waals surface area contributed by atoms with Gasteiger partial charge in [-0.25, -0.2) is 0 Å². The van der Waals surface area contributed by atoms with Crippen LogP contribution < -0.4 is 5.11 Å². The third kappa shape index (κ3) is 4.94. The molecule has 0 heterocycles. The van der Waals surface area contributed by atoms with Crippen molar-refractivity contribution in [1.29, 1.82) is 0 Å². The maximum atomic E-state index is 9.76. The zero-order valence-electron chi connectivity index (χ0n) is 3.75. The predicted molar refractivity (Wildman–Crippen MR) is 20.8 cm³/mol. The van der Waals surface area contributed by atoms with Crippen molar-refractivity contribution in [3.05, 3.63) is 22.1 Å². The van der Waals surface area contributed by atoms with E-state index in [9.17, 15) is 15.2 Å². The summed E-state index contributed by atoms with van der Waals surface area (Å²) in [6, 6.07) is 0. The Bertz CT molecular complexity index is 103. The van der Waals surface area contributed by atoms with Crippen molar-refractivity contribution < 1.29 is 10.0 Å². The fourth-order valence-electron chi connectivity index (χ4n) is 0.148. The molecule has 0 saturated carbocycles. The van der Waals surface area contributed by atoms with Crippen molar-refractivity contribution in [2.45, 2.75) is 6.92 Å². The van der Waals surface area contributed by atoms with Crippen molar-refractivity contribution in [2.75, 3.05) is 0 Å². The van der Waals surface area contributed by atoms with Gasteiger partial charge in [0, 0.05) is 0 Å². The number of allylic oxidation sites excluding steroid dienone is 1. The minimum absolute atomic E-state index is 0.417. The van der Waals surface area contributed by atoms with Gasteiger partial charge in [-0.2, -0.15) is 0 Å². The molecule has 4 nitrogen and oxygen atoms in total. The van der Waals surface area contributed by atoms with Crippen LogP contribution in [0.4, 0.5) is 0 Å². The van der Waals surface area contributed by atoms with Crippen LogP contribution in [0.15, 0.2) is 12.0 Å². The predicted octanol–water partition coefficient (Wildman–Crippen LogP) is -0.515. The minimum atomic E-state index is -0.775. The summed E-state index contributed by atoms with van der Waals surface area (Å²) < 4.78 is 0. The van der Waals surface area contributed by atoms with E-state index in [0.717, 1.165) is 6.92 Å². The summed E-state index contributed by atoms with van der Waals surface area (Å²) in [4.78, 5) is 8.56. The molecule has 0 aromatic heterocycles. The van der Waals surface area contributed by atoms with Crippen LogP contribution in [-0.4, -0.2) is 4.92 Å². The molecule has 0 fully saturated rings. The summed E-state index contributed by atoms with van der Waals surface area (Å²) in [6.45, 7) is 1.13. The second-order valence-electron chi connectivity index (χ2n) is 1.03. The van der Waals surface area contributed by atoms with Gasteiger partial charge in [0.25, 0.3) is 0 Å². The van der Waals surface area contributed by atoms with Crippen molar-refractivity contribution in [1.82, 2.24) is 0 Å². The first-order valence-corrected chi connectivity index (χ1v) is 1.62. The van der Waals surface area contributed by atoms with E-state index in [1.807, 2.05) is 0 Å². The lowest BCUT2D eigenvalue weighted by Gasteiger charge is -1.93. The van der Waals surface area contributed by atoms with Gasteiger partial charge in [-0.15, -0.1) is 0 Å². The van der Waals surface area contributed by atoms with Crippen LogP contribution in [0.1, 0.15) is 6.92 Å². The lowest BCUT2D eigenvalue weighted by molar-refractivity contribution is -0.420. The van der Waals surface area contributed by atoms with Gasteiger partial charge < -0.3 is 5.11 Å². The first-order chi connectivity index (χ1) is 3.13. The van der Waals surface area contributed by atoms with Crippen LogP contribution in [0.3, 0.4) is 0 Å². The summed E-state index contributed by atoms with van der Waals surface area (Å²) in [5.74, 6) is -0.537. The molecule has 0 aromatic rings. The van der Waals surface area contributed by atoms with Gasteiger partial charge in [-0.1, -0.05) is 5.76 Å². The molecule has 0 aromatic carbocycles. The molecular weight excluding hydrogens is 98.0 g/mol.